The lowest BCUT2D eigenvalue weighted by atomic mass is 9.82. The van der Waals surface area contributed by atoms with Gasteiger partial charge in [-0.2, -0.15) is 13.2 Å². The van der Waals surface area contributed by atoms with E-state index >= 15 is 0 Å². The summed E-state index contributed by atoms with van der Waals surface area (Å²) in [6.07, 6.45) is -3.22. The lowest BCUT2D eigenvalue weighted by Gasteiger charge is -2.34. The van der Waals surface area contributed by atoms with Crippen molar-refractivity contribution in [3.05, 3.63) is 17.8 Å². The molecule has 1 aromatic heterocycles. The zero-order chi connectivity index (χ0) is 13.3. The molecule has 0 aliphatic heterocycles. The molecular weight excluding hydrogens is 247 g/mol. The normalized spacial score (nSPS) is 23.6. The van der Waals surface area contributed by atoms with E-state index in [0.717, 1.165) is 18.9 Å². The first kappa shape index (κ1) is 13.1. The van der Waals surface area contributed by atoms with E-state index in [2.05, 4.69) is 10.2 Å². The van der Waals surface area contributed by atoms with Crippen molar-refractivity contribution in [2.24, 2.45) is 5.92 Å². The summed E-state index contributed by atoms with van der Waals surface area (Å²) >= 11 is 0. The van der Waals surface area contributed by atoms with Crippen LogP contribution in [0.3, 0.4) is 0 Å². The van der Waals surface area contributed by atoms with Crippen molar-refractivity contribution in [3.8, 4) is 0 Å². The Labute approximate surface area is 102 Å². The second-order valence-electron chi connectivity index (χ2n) is 4.65. The van der Waals surface area contributed by atoms with Crippen LogP contribution in [0.15, 0.2) is 12.1 Å². The standard InChI is InChI=1S/C11H14F3N3O/c1-17(6-7-4-8(18)5-7)10-3-2-9(15-16-10)11(12,13)14/h2-3,7-8,18H,4-6H2,1H3. The molecule has 1 heterocycles. The number of rotatable bonds is 3. The molecule has 0 amide bonds. The van der Waals surface area contributed by atoms with Crippen LogP contribution in [0.25, 0.3) is 0 Å². The van der Waals surface area contributed by atoms with Gasteiger partial charge in [0.05, 0.1) is 6.10 Å². The first-order valence-electron chi connectivity index (χ1n) is 5.66. The van der Waals surface area contributed by atoms with Crippen LogP contribution in [0.1, 0.15) is 18.5 Å². The molecular formula is C11H14F3N3O. The lowest BCUT2D eigenvalue weighted by Crippen LogP contribution is -2.37. The number of aromatic nitrogens is 2. The zero-order valence-electron chi connectivity index (χ0n) is 9.85. The Bertz CT molecular complexity index is 401. The average molecular weight is 261 g/mol. The largest absolute Gasteiger partial charge is 0.435 e. The molecule has 0 atom stereocenters. The van der Waals surface area contributed by atoms with Crippen LogP contribution >= 0.6 is 0 Å². The van der Waals surface area contributed by atoms with Crippen LogP contribution < -0.4 is 4.90 Å². The molecule has 2 rings (SSSR count). The van der Waals surface area contributed by atoms with Crippen molar-refractivity contribution in [1.29, 1.82) is 0 Å². The number of alkyl halides is 3. The number of hydrogen-bond acceptors (Lipinski definition) is 4. The molecule has 0 bridgehead atoms. The Morgan fingerprint density at radius 3 is 2.44 bits per heavy atom. The van der Waals surface area contributed by atoms with Gasteiger partial charge in [0.15, 0.2) is 11.5 Å². The topological polar surface area (TPSA) is 49.2 Å². The van der Waals surface area contributed by atoms with Crippen LogP contribution in [0.4, 0.5) is 19.0 Å². The van der Waals surface area contributed by atoms with Gasteiger partial charge in [-0.15, -0.1) is 10.2 Å². The summed E-state index contributed by atoms with van der Waals surface area (Å²) in [6.45, 7) is 0.664. The van der Waals surface area contributed by atoms with Crippen LogP contribution in [0, 0.1) is 5.92 Å². The predicted octanol–water partition coefficient (Wildman–Crippen LogP) is 1.70. The maximum absolute atomic E-state index is 12.3. The van der Waals surface area contributed by atoms with Crippen molar-refractivity contribution in [3.63, 3.8) is 0 Å². The fourth-order valence-corrected chi connectivity index (χ4v) is 2.01. The Morgan fingerprint density at radius 2 is 2.00 bits per heavy atom. The fraction of sp³-hybridized carbons (Fsp3) is 0.636. The van der Waals surface area contributed by atoms with Crippen molar-refractivity contribution >= 4 is 5.82 Å². The quantitative estimate of drug-likeness (QED) is 0.899. The number of aliphatic hydroxyl groups excluding tert-OH is 1. The maximum Gasteiger partial charge on any atom is 0.435 e. The molecule has 0 spiro atoms. The lowest BCUT2D eigenvalue weighted by molar-refractivity contribution is -0.141. The first-order chi connectivity index (χ1) is 8.36. The second kappa shape index (κ2) is 4.72. The van der Waals surface area contributed by atoms with E-state index in [9.17, 15) is 13.2 Å². The zero-order valence-corrected chi connectivity index (χ0v) is 9.85. The summed E-state index contributed by atoms with van der Waals surface area (Å²) in [5, 5.41) is 15.9. The minimum absolute atomic E-state index is 0.234. The molecule has 0 aromatic carbocycles. The molecule has 1 saturated carbocycles. The van der Waals surface area contributed by atoms with Crippen molar-refractivity contribution < 1.29 is 18.3 Å². The third kappa shape index (κ3) is 2.90. The van der Waals surface area contributed by atoms with E-state index in [4.69, 9.17) is 5.11 Å². The number of nitrogens with zero attached hydrogens (tertiary/aromatic N) is 3. The molecule has 0 saturated heterocycles. The van der Waals surface area contributed by atoms with E-state index in [1.165, 1.54) is 6.07 Å². The van der Waals surface area contributed by atoms with E-state index < -0.39 is 11.9 Å². The highest BCUT2D eigenvalue weighted by molar-refractivity contribution is 5.36. The summed E-state index contributed by atoms with van der Waals surface area (Å²) in [5.74, 6) is 0.776. The Morgan fingerprint density at radius 1 is 1.33 bits per heavy atom. The van der Waals surface area contributed by atoms with Gasteiger partial charge in [0.2, 0.25) is 0 Å². The number of hydrogen-bond donors (Lipinski definition) is 1. The van der Waals surface area contributed by atoms with Gasteiger partial charge in [-0.25, -0.2) is 0 Å². The van der Waals surface area contributed by atoms with Gasteiger partial charge in [0.25, 0.3) is 0 Å². The molecule has 1 aliphatic rings. The van der Waals surface area contributed by atoms with Gasteiger partial charge in [-0.3, -0.25) is 0 Å². The van der Waals surface area contributed by atoms with E-state index in [0.29, 0.717) is 18.3 Å². The number of halogens is 3. The SMILES string of the molecule is CN(CC1CC(O)C1)c1ccc(C(F)(F)F)nn1. The highest BCUT2D eigenvalue weighted by Crippen LogP contribution is 2.30. The minimum Gasteiger partial charge on any atom is -0.393 e. The van der Waals surface area contributed by atoms with Crippen LogP contribution in [0.2, 0.25) is 0 Å². The van der Waals surface area contributed by atoms with Gasteiger partial charge in [-0.05, 0) is 30.9 Å². The third-order valence-electron chi connectivity index (χ3n) is 3.07. The van der Waals surface area contributed by atoms with Crippen LogP contribution in [-0.4, -0.2) is 35.0 Å². The molecule has 1 fully saturated rings. The highest BCUT2D eigenvalue weighted by atomic mass is 19.4. The Balaban J connectivity index is 1.96. The molecule has 1 aliphatic carbocycles. The number of anilines is 1. The summed E-state index contributed by atoms with van der Waals surface area (Å²) in [4.78, 5) is 1.75. The van der Waals surface area contributed by atoms with E-state index in [-0.39, 0.29) is 6.10 Å². The van der Waals surface area contributed by atoms with Gasteiger partial charge >= 0.3 is 6.18 Å². The Hall–Kier alpha value is -1.37. The second-order valence-corrected chi connectivity index (χ2v) is 4.65. The molecule has 0 radical (unpaired) electrons. The van der Waals surface area contributed by atoms with Crippen LogP contribution in [-0.2, 0) is 6.18 Å². The van der Waals surface area contributed by atoms with Crippen LogP contribution in [0.5, 0.6) is 0 Å². The maximum atomic E-state index is 12.3. The summed E-state index contributed by atoms with van der Waals surface area (Å²) in [7, 11) is 1.75. The van der Waals surface area contributed by atoms with E-state index in [1.54, 1.807) is 11.9 Å². The molecule has 0 unspecified atom stereocenters. The van der Waals surface area contributed by atoms with Gasteiger partial charge < -0.3 is 10.0 Å². The Kier molecular flexibility index (Phi) is 3.43. The first-order valence-corrected chi connectivity index (χ1v) is 5.66. The summed E-state index contributed by atoms with van der Waals surface area (Å²) < 4.78 is 36.9. The van der Waals surface area contributed by atoms with Crippen molar-refractivity contribution in [2.45, 2.75) is 25.1 Å². The van der Waals surface area contributed by atoms with Gasteiger partial charge in [0.1, 0.15) is 0 Å². The predicted molar refractivity (Wildman–Crippen MR) is 59.0 cm³/mol. The molecule has 100 valence electrons. The average Bonchev–Trinajstić information content (AvgIpc) is 2.26. The highest BCUT2D eigenvalue weighted by Gasteiger charge is 2.33. The third-order valence-corrected chi connectivity index (χ3v) is 3.07. The van der Waals surface area contributed by atoms with Gasteiger partial charge in [0, 0.05) is 13.6 Å². The summed E-state index contributed by atoms with van der Waals surface area (Å²) in [6, 6.07) is 2.24. The molecule has 18 heavy (non-hydrogen) atoms. The number of aliphatic hydroxyl groups is 1. The van der Waals surface area contributed by atoms with Crippen molar-refractivity contribution in [1.82, 2.24) is 10.2 Å². The van der Waals surface area contributed by atoms with Crippen molar-refractivity contribution in [2.75, 3.05) is 18.5 Å². The fourth-order valence-electron chi connectivity index (χ4n) is 2.01. The molecule has 7 heteroatoms. The summed E-state index contributed by atoms with van der Waals surface area (Å²) in [5.41, 5.74) is -0.987. The smallest absolute Gasteiger partial charge is 0.393 e. The minimum atomic E-state index is -4.46. The molecule has 1 N–H and O–H groups in total. The van der Waals surface area contributed by atoms with E-state index in [1.807, 2.05) is 0 Å². The monoisotopic (exact) mass is 261 g/mol. The molecule has 4 nitrogen and oxygen atoms in total. The van der Waals surface area contributed by atoms with Gasteiger partial charge in [-0.1, -0.05) is 0 Å². The molecule has 1 aromatic rings.